The van der Waals surface area contributed by atoms with Gasteiger partial charge < -0.3 is 11.1 Å². The van der Waals surface area contributed by atoms with Crippen LogP contribution in [0, 0.1) is 23.7 Å². The quantitative estimate of drug-likeness (QED) is 0.498. The van der Waals surface area contributed by atoms with Crippen LogP contribution in [0.1, 0.15) is 22.3 Å². The van der Waals surface area contributed by atoms with Gasteiger partial charge in [-0.1, -0.05) is 12.1 Å². The number of pyridine rings is 1. The van der Waals surface area contributed by atoms with Crippen molar-refractivity contribution in [3.8, 4) is 6.07 Å². The molecule has 0 aliphatic heterocycles. The van der Waals surface area contributed by atoms with Gasteiger partial charge in [0, 0.05) is 34.9 Å². The SMILES string of the molecule is Cc1cccc(C#N)c1Nc1ccc(N)c(C(=N)c2ccncc2)c1. The Labute approximate surface area is 146 Å². The minimum atomic E-state index is 0.328. The van der Waals surface area contributed by atoms with Gasteiger partial charge in [-0.15, -0.1) is 0 Å². The first-order valence-corrected chi connectivity index (χ1v) is 7.75. The van der Waals surface area contributed by atoms with E-state index < -0.39 is 0 Å². The fourth-order valence-corrected chi connectivity index (χ4v) is 2.60. The van der Waals surface area contributed by atoms with E-state index in [-0.39, 0.29) is 0 Å². The Hall–Kier alpha value is -3.65. The third-order valence-corrected chi connectivity index (χ3v) is 3.95. The van der Waals surface area contributed by atoms with E-state index in [0.29, 0.717) is 22.5 Å². The maximum absolute atomic E-state index is 9.31. The highest BCUT2D eigenvalue weighted by atomic mass is 14.9. The van der Waals surface area contributed by atoms with Crippen LogP contribution in [0.25, 0.3) is 0 Å². The number of hydrogen-bond acceptors (Lipinski definition) is 5. The van der Waals surface area contributed by atoms with Crippen LogP contribution < -0.4 is 11.1 Å². The zero-order valence-corrected chi connectivity index (χ0v) is 13.7. The lowest BCUT2D eigenvalue weighted by Gasteiger charge is -2.14. The number of rotatable bonds is 4. The first kappa shape index (κ1) is 16.2. The van der Waals surface area contributed by atoms with Crippen molar-refractivity contribution < 1.29 is 0 Å². The highest BCUT2D eigenvalue weighted by molar-refractivity contribution is 6.14. The predicted octanol–water partition coefficient (Wildman–Crippen LogP) is 4.00. The normalized spacial score (nSPS) is 10.1. The topological polar surface area (TPSA) is 98.6 Å². The number of aryl methyl sites for hydroxylation is 1. The molecular formula is C20H17N5. The molecule has 0 bridgehead atoms. The summed E-state index contributed by atoms with van der Waals surface area (Å²) in [7, 11) is 0. The molecule has 0 saturated heterocycles. The Balaban J connectivity index is 1.99. The zero-order chi connectivity index (χ0) is 17.8. The van der Waals surface area contributed by atoms with Crippen molar-refractivity contribution in [2.45, 2.75) is 6.92 Å². The van der Waals surface area contributed by atoms with Gasteiger partial charge in [-0.05, 0) is 48.9 Å². The Bertz CT molecular complexity index is 971. The summed E-state index contributed by atoms with van der Waals surface area (Å²) >= 11 is 0. The van der Waals surface area contributed by atoms with E-state index in [1.165, 1.54) is 0 Å². The molecule has 0 amide bonds. The molecule has 3 rings (SSSR count). The lowest BCUT2D eigenvalue weighted by molar-refractivity contribution is 1.31. The van der Waals surface area contributed by atoms with Crippen LogP contribution >= 0.6 is 0 Å². The van der Waals surface area contributed by atoms with Crippen LogP contribution in [0.4, 0.5) is 17.1 Å². The molecule has 0 saturated carbocycles. The van der Waals surface area contributed by atoms with Crippen molar-refractivity contribution in [2.75, 3.05) is 11.1 Å². The molecule has 5 nitrogen and oxygen atoms in total. The Morgan fingerprint density at radius 2 is 1.92 bits per heavy atom. The number of benzene rings is 2. The lowest BCUT2D eigenvalue weighted by atomic mass is 10.0. The summed E-state index contributed by atoms with van der Waals surface area (Å²) in [6, 6.07) is 16.7. The molecule has 0 fully saturated rings. The summed E-state index contributed by atoms with van der Waals surface area (Å²) in [6.45, 7) is 1.94. The molecule has 25 heavy (non-hydrogen) atoms. The summed E-state index contributed by atoms with van der Waals surface area (Å²) in [5.41, 5.74) is 11.4. The van der Waals surface area contributed by atoms with Crippen molar-refractivity contribution in [2.24, 2.45) is 0 Å². The Morgan fingerprint density at radius 1 is 1.16 bits per heavy atom. The lowest BCUT2D eigenvalue weighted by Crippen LogP contribution is -2.07. The zero-order valence-electron chi connectivity index (χ0n) is 13.7. The van der Waals surface area contributed by atoms with Gasteiger partial charge in [0.2, 0.25) is 0 Å². The van der Waals surface area contributed by atoms with Gasteiger partial charge in [0.25, 0.3) is 0 Å². The van der Waals surface area contributed by atoms with Crippen LogP contribution in [-0.2, 0) is 0 Å². The Morgan fingerprint density at radius 3 is 2.64 bits per heavy atom. The molecule has 0 aliphatic carbocycles. The van der Waals surface area contributed by atoms with Crippen molar-refractivity contribution in [3.05, 3.63) is 83.2 Å². The molecule has 0 spiro atoms. The minimum absolute atomic E-state index is 0.328. The summed E-state index contributed by atoms with van der Waals surface area (Å²) in [4.78, 5) is 3.98. The number of nitriles is 1. The average Bonchev–Trinajstić information content (AvgIpc) is 2.65. The Kier molecular flexibility index (Phi) is 4.44. The molecule has 1 aromatic heterocycles. The van der Waals surface area contributed by atoms with Gasteiger partial charge in [-0.3, -0.25) is 10.4 Å². The number of aromatic nitrogens is 1. The van der Waals surface area contributed by atoms with Crippen LogP contribution in [0.5, 0.6) is 0 Å². The number of para-hydroxylation sites is 1. The van der Waals surface area contributed by atoms with E-state index in [0.717, 1.165) is 22.5 Å². The highest BCUT2D eigenvalue weighted by Gasteiger charge is 2.11. The number of anilines is 3. The maximum Gasteiger partial charge on any atom is 0.101 e. The second kappa shape index (κ2) is 6.85. The molecule has 0 unspecified atom stereocenters. The predicted molar refractivity (Wildman–Crippen MR) is 100 cm³/mol. The van der Waals surface area contributed by atoms with Crippen molar-refractivity contribution in [1.29, 1.82) is 10.7 Å². The van der Waals surface area contributed by atoms with Crippen LogP contribution in [0.2, 0.25) is 0 Å². The second-order valence-corrected chi connectivity index (χ2v) is 5.65. The van der Waals surface area contributed by atoms with E-state index in [1.54, 1.807) is 36.7 Å². The van der Waals surface area contributed by atoms with E-state index in [1.807, 2.05) is 31.2 Å². The summed E-state index contributed by atoms with van der Waals surface area (Å²) < 4.78 is 0. The minimum Gasteiger partial charge on any atom is -0.398 e. The molecular weight excluding hydrogens is 310 g/mol. The van der Waals surface area contributed by atoms with Crippen LogP contribution in [-0.4, -0.2) is 10.7 Å². The molecule has 3 aromatic rings. The fourth-order valence-electron chi connectivity index (χ4n) is 2.60. The van der Waals surface area contributed by atoms with E-state index in [9.17, 15) is 5.26 Å². The van der Waals surface area contributed by atoms with E-state index in [2.05, 4.69) is 16.4 Å². The molecule has 0 radical (unpaired) electrons. The molecule has 1 heterocycles. The van der Waals surface area contributed by atoms with E-state index >= 15 is 0 Å². The van der Waals surface area contributed by atoms with Gasteiger partial charge in [0.05, 0.1) is 17.0 Å². The average molecular weight is 327 g/mol. The highest BCUT2D eigenvalue weighted by Crippen LogP contribution is 2.27. The number of nitrogens with two attached hydrogens (primary N) is 1. The molecule has 2 aromatic carbocycles. The van der Waals surface area contributed by atoms with Crippen LogP contribution in [0.3, 0.4) is 0 Å². The van der Waals surface area contributed by atoms with Gasteiger partial charge in [-0.2, -0.15) is 5.26 Å². The number of hydrogen-bond donors (Lipinski definition) is 3. The van der Waals surface area contributed by atoms with E-state index in [4.69, 9.17) is 11.1 Å². The van der Waals surface area contributed by atoms with Crippen LogP contribution in [0.15, 0.2) is 60.9 Å². The van der Waals surface area contributed by atoms with Gasteiger partial charge in [0.15, 0.2) is 0 Å². The van der Waals surface area contributed by atoms with Gasteiger partial charge in [-0.25, -0.2) is 0 Å². The van der Waals surface area contributed by atoms with Gasteiger partial charge >= 0.3 is 0 Å². The molecule has 5 heteroatoms. The summed E-state index contributed by atoms with van der Waals surface area (Å²) in [5, 5.41) is 21.0. The summed E-state index contributed by atoms with van der Waals surface area (Å²) in [5.74, 6) is 0. The molecule has 4 N–H and O–H groups in total. The van der Waals surface area contributed by atoms with Crippen molar-refractivity contribution in [1.82, 2.24) is 4.98 Å². The van der Waals surface area contributed by atoms with Gasteiger partial charge in [0.1, 0.15) is 6.07 Å². The standard InChI is InChI=1S/C20H17N5/c1-13-3-2-4-15(12-21)20(13)25-16-5-6-18(22)17(11-16)19(23)14-7-9-24-10-8-14/h2-11,23,25H,22H2,1H3. The second-order valence-electron chi connectivity index (χ2n) is 5.65. The summed E-state index contributed by atoms with van der Waals surface area (Å²) in [6.07, 6.45) is 3.30. The monoisotopic (exact) mass is 327 g/mol. The first-order chi connectivity index (χ1) is 12.1. The number of nitrogen functional groups attached to an aromatic ring is 1. The fraction of sp³-hybridized carbons (Fsp3) is 0.0500. The van der Waals surface area contributed by atoms with Crippen molar-refractivity contribution in [3.63, 3.8) is 0 Å². The molecule has 0 atom stereocenters. The smallest absolute Gasteiger partial charge is 0.101 e. The van der Waals surface area contributed by atoms with Crippen molar-refractivity contribution >= 4 is 22.8 Å². The first-order valence-electron chi connectivity index (χ1n) is 7.75. The number of nitrogens with one attached hydrogen (secondary N) is 2. The molecule has 122 valence electrons. The third kappa shape index (κ3) is 3.33. The maximum atomic E-state index is 9.31. The molecule has 0 aliphatic rings. The third-order valence-electron chi connectivity index (χ3n) is 3.95. The number of nitrogens with zero attached hydrogens (tertiary/aromatic N) is 2. The largest absolute Gasteiger partial charge is 0.398 e.